The summed E-state index contributed by atoms with van der Waals surface area (Å²) in [5.74, 6) is 0. The molecule has 0 bridgehead atoms. The first-order valence-corrected chi connectivity index (χ1v) is 8.20. The van der Waals surface area contributed by atoms with Gasteiger partial charge in [0.1, 0.15) is 0 Å². The number of hydrogen-bond acceptors (Lipinski definition) is 1. The molecule has 4 heteroatoms. The van der Waals surface area contributed by atoms with Crippen molar-refractivity contribution in [3.8, 4) is 0 Å². The van der Waals surface area contributed by atoms with Gasteiger partial charge in [-0.25, -0.2) is 0 Å². The molecule has 0 unspecified atom stereocenters. The van der Waals surface area contributed by atoms with Crippen LogP contribution in [0.5, 0.6) is 0 Å². The molecule has 2 aromatic carbocycles. The van der Waals surface area contributed by atoms with E-state index in [9.17, 15) is 0 Å². The second-order valence-corrected chi connectivity index (χ2v) is 6.27. The smallest absolute Gasteiger partial charge is 0.170 e. The fourth-order valence-electron chi connectivity index (χ4n) is 2.18. The molecule has 0 heterocycles. The van der Waals surface area contributed by atoms with E-state index in [0.717, 1.165) is 30.1 Å². The van der Waals surface area contributed by atoms with E-state index in [4.69, 9.17) is 23.8 Å². The molecule has 0 aromatic heterocycles. The van der Waals surface area contributed by atoms with Crippen LogP contribution in [0.2, 0.25) is 5.02 Å². The zero-order chi connectivity index (χ0) is 15.9. The topological polar surface area (TPSA) is 24.1 Å². The Bertz CT molecular complexity index is 638. The summed E-state index contributed by atoms with van der Waals surface area (Å²) in [6.07, 6.45) is 2.03. The molecule has 2 N–H and O–H groups in total. The zero-order valence-corrected chi connectivity index (χ0v) is 14.5. The van der Waals surface area contributed by atoms with Gasteiger partial charge >= 0.3 is 0 Å². The zero-order valence-electron chi connectivity index (χ0n) is 12.9. The van der Waals surface area contributed by atoms with Crippen molar-refractivity contribution in [2.75, 3.05) is 11.9 Å². The normalized spacial score (nSPS) is 10.3. The van der Waals surface area contributed by atoms with Crippen LogP contribution >= 0.6 is 23.8 Å². The molecule has 0 spiro atoms. The predicted molar refractivity (Wildman–Crippen MR) is 99.9 cm³/mol. The molecule has 2 nitrogen and oxygen atoms in total. The summed E-state index contributed by atoms with van der Waals surface area (Å²) in [7, 11) is 0. The van der Waals surface area contributed by atoms with Gasteiger partial charge in [-0.1, -0.05) is 35.9 Å². The Kier molecular flexibility index (Phi) is 6.22. The van der Waals surface area contributed by atoms with E-state index < -0.39 is 0 Å². The van der Waals surface area contributed by atoms with Gasteiger partial charge in [0.05, 0.1) is 0 Å². The van der Waals surface area contributed by atoms with Crippen LogP contribution in [0.15, 0.2) is 42.5 Å². The molecule has 2 rings (SSSR count). The summed E-state index contributed by atoms with van der Waals surface area (Å²) in [6.45, 7) is 5.00. The number of benzene rings is 2. The Hall–Kier alpha value is -1.58. The highest BCUT2D eigenvalue weighted by Gasteiger charge is 2.01. The van der Waals surface area contributed by atoms with Crippen molar-refractivity contribution in [3.63, 3.8) is 0 Å². The van der Waals surface area contributed by atoms with Crippen molar-refractivity contribution in [3.05, 3.63) is 64.2 Å². The van der Waals surface area contributed by atoms with Crippen molar-refractivity contribution in [1.29, 1.82) is 0 Å². The molecule has 116 valence electrons. The number of rotatable bonds is 5. The van der Waals surface area contributed by atoms with Crippen molar-refractivity contribution in [2.45, 2.75) is 26.7 Å². The van der Waals surface area contributed by atoms with E-state index in [2.05, 4.69) is 54.8 Å². The van der Waals surface area contributed by atoms with Gasteiger partial charge < -0.3 is 10.6 Å². The minimum atomic E-state index is 0.671. The van der Waals surface area contributed by atoms with Crippen LogP contribution < -0.4 is 10.6 Å². The average molecular weight is 333 g/mol. The van der Waals surface area contributed by atoms with Crippen LogP contribution in [0.1, 0.15) is 23.1 Å². The largest absolute Gasteiger partial charge is 0.362 e. The standard InChI is InChI=1S/C18H21ClN2S/c1-13-5-6-14(2)17(12-13)21-18(22)20-11-3-4-15-7-9-16(19)10-8-15/h5-10,12H,3-4,11H2,1-2H3,(H2,20,21,22). The highest BCUT2D eigenvalue weighted by atomic mass is 35.5. The van der Waals surface area contributed by atoms with Crippen LogP contribution in [-0.2, 0) is 6.42 Å². The maximum Gasteiger partial charge on any atom is 0.170 e. The summed E-state index contributed by atoms with van der Waals surface area (Å²) >= 11 is 11.2. The molecule has 0 saturated heterocycles. The van der Waals surface area contributed by atoms with Crippen molar-refractivity contribution in [2.24, 2.45) is 0 Å². The summed E-state index contributed by atoms with van der Waals surface area (Å²) in [4.78, 5) is 0. The van der Waals surface area contributed by atoms with Gasteiger partial charge in [-0.3, -0.25) is 0 Å². The van der Waals surface area contributed by atoms with Crippen LogP contribution in [-0.4, -0.2) is 11.7 Å². The van der Waals surface area contributed by atoms with E-state index in [1.54, 1.807) is 0 Å². The Morgan fingerprint density at radius 2 is 1.82 bits per heavy atom. The quantitative estimate of drug-likeness (QED) is 0.603. The lowest BCUT2D eigenvalue weighted by molar-refractivity contribution is 0.777. The molecule has 0 radical (unpaired) electrons. The van der Waals surface area contributed by atoms with Gasteiger partial charge in [-0.05, 0) is 73.8 Å². The maximum absolute atomic E-state index is 5.88. The lowest BCUT2D eigenvalue weighted by atomic mass is 10.1. The third kappa shape index (κ3) is 5.32. The van der Waals surface area contributed by atoms with E-state index in [1.807, 2.05) is 12.1 Å². The molecular weight excluding hydrogens is 312 g/mol. The third-order valence-electron chi connectivity index (χ3n) is 3.48. The van der Waals surface area contributed by atoms with Gasteiger partial charge in [0, 0.05) is 17.3 Å². The third-order valence-corrected chi connectivity index (χ3v) is 3.98. The predicted octanol–water partition coefficient (Wildman–Crippen LogP) is 4.88. The van der Waals surface area contributed by atoms with Gasteiger partial charge in [-0.2, -0.15) is 0 Å². The van der Waals surface area contributed by atoms with E-state index >= 15 is 0 Å². The number of aryl methyl sites for hydroxylation is 3. The molecule has 22 heavy (non-hydrogen) atoms. The summed E-state index contributed by atoms with van der Waals surface area (Å²) in [5, 5.41) is 7.96. The Morgan fingerprint density at radius 3 is 2.55 bits per heavy atom. The second kappa shape index (κ2) is 8.16. The molecule has 2 aromatic rings. The average Bonchev–Trinajstić information content (AvgIpc) is 2.49. The minimum Gasteiger partial charge on any atom is -0.362 e. The van der Waals surface area contributed by atoms with Gasteiger partial charge in [0.2, 0.25) is 0 Å². The van der Waals surface area contributed by atoms with Crippen molar-refractivity contribution >= 4 is 34.6 Å². The Balaban J connectivity index is 1.74. The molecule has 0 amide bonds. The van der Waals surface area contributed by atoms with Crippen LogP contribution in [0.3, 0.4) is 0 Å². The number of halogens is 1. The van der Waals surface area contributed by atoms with Crippen LogP contribution in [0.4, 0.5) is 5.69 Å². The monoisotopic (exact) mass is 332 g/mol. The second-order valence-electron chi connectivity index (χ2n) is 5.43. The Labute approximate surface area is 142 Å². The number of nitrogens with one attached hydrogen (secondary N) is 2. The van der Waals surface area contributed by atoms with Gasteiger partial charge in [0.15, 0.2) is 5.11 Å². The van der Waals surface area contributed by atoms with Gasteiger partial charge in [-0.15, -0.1) is 0 Å². The highest BCUT2D eigenvalue weighted by molar-refractivity contribution is 7.80. The molecule has 0 fully saturated rings. The highest BCUT2D eigenvalue weighted by Crippen LogP contribution is 2.16. The van der Waals surface area contributed by atoms with E-state index in [0.29, 0.717) is 5.11 Å². The first-order valence-electron chi connectivity index (χ1n) is 7.41. The number of thiocarbonyl (C=S) groups is 1. The van der Waals surface area contributed by atoms with Gasteiger partial charge in [0.25, 0.3) is 0 Å². The van der Waals surface area contributed by atoms with Crippen molar-refractivity contribution in [1.82, 2.24) is 5.32 Å². The summed E-state index contributed by atoms with van der Waals surface area (Å²) in [6, 6.07) is 14.3. The van der Waals surface area contributed by atoms with E-state index in [-0.39, 0.29) is 0 Å². The fraction of sp³-hybridized carbons (Fsp3) is 0.278. The molecule has 0 saturated carbocycles. The first kappa shape index (κ1) is 16.8. The SMILES string of the molecule is Cc1ccc(C)c(NC(=S)NCCCc2ccc(Cl)cc2)c1. The number of anilines is 1. The molecular formula is C18H21ClN2S. The lowest BCUT2D eigenvalue weighted by Crippen LogP contribution is -2.29. The summed E-state index contributed by atoms with van der Waals surface area (Å²) < 4.78 is 0. The molecule has 0 aliphatic heterocycles. The van der Waals surface area contributed by atoms with Crippen LogP contribution in [0.25, 0.3) is 0 Å². The fourth-order valence-corrected chi connectivity index (χ4v) is 2.52. The molecule has 0 aliphatic carbocycles. The van der Waals surface area contributed by atoms with E-state index in [1.165, 1.54) is 16.7 Å². The van der Waals surface area contributed by atoms with Crippen LogP contribution in [0, 0.1) is 13.8 Å². The Morgan fingerprint density at radius 1 is 1.09 bits per heavy atom. The first-order chi connectivity index (χ1) is 10.5. The minimum absolute atomic E-state index is 0.671. The van der Waals surface area contributed by atoms with Crippen molar-refractivity contribution < 1.29 is 0 Å². The maximum atomic E-state index is 5.88. The molecule has 0 atom stereocenters. The lowest BCUT2D eigenvalue weighted by Gasteiger charge is -2.13. The summed E-state index contributed by atoms with van der Waals surface area (Å²) in [5.41, 5.74) is 4.77. The number of hydrogen-bond donors (Lipinski definition) is 2. The molecule has 0 aliphatic rings.